The van der Waals surface area contributed by atoms with Gasteiger partial charge in [0.25, 0.3) is 0 Å². The van der Waals surface area contributed by atoms with Crippen molar-refractivity contribution >= 4 is 29.3 Å². The van der Waals surface area contributed by atoms with Crippen molar-refractivity contribution in [1.29, 1.82) is 0 Å². The molecule has 1 saturated carbocycles. The summed E-state index contributed by atoms with van der Waals surface area (Å²) in [5, 5.41) is 14.8. The van der Waals surface area contributed by atoms with Crippen LogP contribution in [0.3, 0.4) is 0 Å². The lowest BCUT2D eigenvalue weighted by Gasteiger charge is -2.27. The van der Waals surface area contributed by atoms with Crippen molar-refractivity contribution in [3.8, 4) is 0 Å². The Labute approximate surface area is 145 Å². The first kappa shape index (κ1) is 18.7. The average Bonchev–Trinajstić information content (AvgIpc) is 2.57. The van der Waals surface area contributed by atoms with Gasteiger partial charge in [-0.3, -0.25) is 9.59 Å². The van der Waals surface area contributed by atoms with Gasteiger partial charge in [-0.15, -0.1) is 11.8 Å². The van der Waals surface area contributed by atoms with Gasteiger partial charge in [-0.05, 0) is 56.9 Å². The zero-order chi connectivity index (χ0) is 17.5. The zero-order valence-corrected chi connectivity index (χ0v) is 14.4. The monoisotopic (exact) mass is 354 g/mol. The Balaban J connectivity index is 1.69. The van der Waals surface area contributed by atoms with Gasteiger partial charge in [0.2, 0.25) is 11.8 Å². The standard InChI is InChI=1S/C17H23FN2O3S/c1-11(17(23)20-14-6-8-15(21)9-7-14)24-10-16(22)19-13-4-2-12(18)3-5-13/h2-5,11,14-15,21H,6-10H2,1H3,(H,19,22)(H,20,23). The molecule has 0 radical (unpaired) electrons. The minimum atomic E-state index is -0.358. The largest absolute Gasteiger partial charge is 0.393 e. The first-order valence-electron chi connectivity index (χ1n) is 8.09. The van der Waals surface area contributed by atoms with Crippen LogP contribution >= 0.6 is 11.8 Å². The van der Waals surface area contributed by atoms with Crippen molar-refractivity contribution in [2.24, 2.45) is 0 Å². The number of carbonyl (C=O) groups is 2. The van der Waals surface area contributed by atoms with Crippen LogP contribution in [0.1, 0.15) is 32.6 Å². The van der Waals surface area contributed by atoms with Crippen LogP contribution in [0.4, 0.5) is 10.1 Å². The van der Waals surface area contributed by atoms with E-state index in [-0.39, 0.29) is 40.8 Å². The van der Waals surface area contributed by atoms with Gasteiger partial charge >= 0.3 is 0 Å². The number of benzene rings is 1. The van der Waals surface area contributed by atoms with E-state index >= 15 is 0 Å². The first-order chi connectivity index (χ1) is 11.4. The summed E-state index contributed by atoms with van der Waals surface area (Å²) in [5.74, 6) is -0.527. The number of rotatable bonds is 6. The Morgan fingerprint density at radius 3 is 2.50 bits per heavy atom. The molecule has 0 bridgehead atoms. The maximum absolute atomic E-state index is 12.8. The predicted molar refractivity (Wildman–Crippen MR) is 93.4 cm³/mol. The van der Waals surface area contributed by atoms with Crippen molar-refractivity contribution in [1.82, 2.24) is 5.32 Å². The lowest BCUT2D eigenvalue weighted by molar-refractivity contribution is -0.121. The van der Waals surface area contributed by atoms with Gasteiger partial charge < -0.3 is 15.7 Å². The number of hydrogen-bond donors (Lipinski definition) is 3. The topological polar surface area (TPSA) is 78.4 Å². The fourth-order valence-corrected chi connectivity index (χ4v) is 3.24. The third-order valence-electron chi connectivity index (χ3n) is 4.00. The molecule has 1 aromatic rings. The molecule has 0 saturated heterocycles. The average molecular weight is 354 g/mol. The summed E-state index contributed by atoms with van der Waals surface area (Å²) in [6, 6.07) is 5.65. The fraction of sp³-hybridized carbons (Fsp3) is 0.529. The molecule has 1 aliphatic carbocycles. The van der Waals surface area contributed by atoms with Gasteiger partial charge in [-0.2, -0.15) is 0 Å². The number of aliphatic hydroxyl groups is 1. The van der Waals surface area contributed by atoms with Crippen molar-refractivity contribution in [3.63, 3.8) is 0 Å². The SMILES string of the molecule is CC(SCC(=O)Nc1ccc(F)cc1)C(=O)NC1CCC(O)CC1. The quantitative estimate of drug-likeness (QED) is 0.732. The summed E-state index contributed by atoms with van der Waals surface area (Å²) >= 11 is 1.26. The van der Waals surface area contributed by atoms with Gasteiger partial charge in [0, 0.05) is 11.7 Å². The van der Waals surface area contributed by atoms with Crippen molar-refractivity contribution in [2.75, 3.05) is 11.1 Å². The molecular weight excluding hydrogens is 331 g/mol. The Bertz CT molecular complexity index is 559. The van der Waals surface area contributed by atoms with Crippen molar-refractivity contribution in [3.05, 3.63) is 30.1 Å². The molecular formula is C17H23FN2O3S. The van der Waals surface area contributed by atoms with E-state index in [0.29, 0.717) is 18.5 Å². The van der Waals surface area contributed by atoms with Gasteiger partial charge in [0.15, 0.2) is 0 Å². The van der Waals surface area contributed by atoms with E-state index < -0.39 is 0 Å². The van der Waals surface area contributed by atoms with E-state index in [1.165, 1.54) is 36.0 Å². The highest BCUT2D eigenvalue weighted by Gasteiger charge is 2.23. The molecule has 132 valence electrons. The number of anilines is 1. The van der Waals surface area contributed by atoms with E-state index in [1.807, 2.05) is 0 Å². The lowest BCUT2D eigenvalue weighted by atomic mass is 9.93. The number of thioether (sulfide) groups is 1. The highest BCUT2D eigenvalue weighted by molar-refractivity contribution is 8.01. The number of amides is 2. The zero-order valence-electron chi connectivity index (χ0n) is 13.6. The van der Waals surface area contributed by atoms with Crippen LogP contribution in [0, 0.1) is 5.82 Å². The number of halogens is 1. The molecule has 0 heterocycles. The molecule has 2 amide bonds. The molecule has 2 rings (SSSR count). The molecule has 1 aliphatic rings. The second-order valence-electron chi connectivity index (χ2n) is 6.02. The molecule has 1 atom stereocenters. The van der Waals surface area contributed by atoms with E-state index in [1.54, 1.807) is 6.92 Å². The third kappa shape index (κ3) is 6.13. The molecule has 5 nitrogen and oxygen atoms in total. The molecule has 1 aromatic carbocycles. The maximum atomic E-state index is 12.8. The number of hydrogen-bond acceptors (Lipinski definition) is 4. The molecule has 0 aliphatic heterocycles. The van der Waals surface area contributed by atoms with E-state index in [9.17, 15) is 19.1 Å². The van der Waals surface area contributed by atoms with Gasteiger partial charge in [0.05, 0.1) is 17.1 Å². The second kappa shape index (κ2) is 9.03. The van der Waals surface area contributed by atoms with Gasteiger partial charge in [-0.25, -0.2) is 4.39 Å². The molecule has 3 N–H and O–H groups in total. The highest BCUT2D eigenvalue weighted by Crippen LogP contribution is 2.19. The normalized spacial score (nSPS) is 21.8. The van der Waals surface area contributed by atoms with Crippen molar-refractivity contribution < 1.29 is 19.1 Å². The molecule has 1 fully saturated rings. The summed E-state index contributed by atoms with van der Waals surface area (Å²) in [6.07, 6.45) is 2.75. The first-order valence-corrected chi connectivity index (χ1v) is 9.14. The number of aliphatic hydroxyl groups excluding tert-OH is 1. The molecule has 24 heavy (non-hydrogen) atoms. The summed E-state index contributed by atoms with van der Waals surface area (Å²) in [6.45, 7) is 1.77. The number of nitrogens with one attached hydrogen (secondary N) is 2. The van der Waals surface area contributed by atoms with E-state index in [0.717, 1.165) is 12.8 Å². The molecule has 0 spiro atoms. The van der Waals surface area contributed by atoms with Gasteiger partial charge in [0.1, 0.15) is 5.82 Å². The van der Waals surface area contributed by atoms with Crippen LogP contribution in [-0.4, -0.2) is 40.1 Å². The van der Waals surface area contributed by atoms with Crippen LogP contribution in [0.2, 0.25) is 0 Å². The summed E-state index contributed by atoms with van der Waals surface area (Å²) in [4.78, 5) is 24.0. The fourth-order valence-electron chi connectivity index (χ4n) is 2.55. The van der Waals surface area contributed by atoms with Crippen LogP contribution in [0.15, 0.2) is 24.3 Å². The highest BCUT2D eigenvalue weighted by atomic mass is 32.2. The minimum absolute atomic E-state index is 0.0871. The molecule has 7 heteroatoms. The Hall–Kier alpha value is -1.60. The van der Waals surface area contributed by atoms with Crippen LogP contribution in [-0.2, 0) is 9.59 Å². The van der Waals surface area contributed by atoms with Crippen molar-refractivity contribution in [2.45, 2.75) is 50.0 Å². The molecule has 1 unspecified atom stereocenters. The summed E-state index contributed by atoms with van der Waals surface area (Å²) in [5.41, 5.74) is 0.528. The predicted octanol–water partition coefficient (Wildman–Crippen LogP) is 2.31. The van der Waals surface area contributed by atoms with Crippen LogP contribution in [0.5, 0.6) is 0 Å². The summed E-state index contributed by atoms with van der Waals surface area (Å²) < 4.78 is 12.8. The van der Waals surface area contributed by atoms with Crippen LogP contribution in [0.25, 0.3) is 0 Å². The maximum Gasteiger partial charge on any atom is 0.234 e. The number of carbonyl (C=O) groups excluding carboxylic acids is 2. The second-order valence-corrected chi connectivity index (χ2v) is 7.35. The Kier molecular flexibility index (Phi) is 7.05. The lowest BCUT2D eigenvalue weighted by Crippen LogP contribution is -2.42. The Morgan fingerprint density at radius 1 is 1.25 bits per heavy atom. The summed E-state index contributed by atoms with van der Waals surface area (Å²) in [7, 11) is 0. The smallest absolute Gasteiger partial charge is 0.234 e. The van der Waals surface area contributed by atoms with Gasteiger partial charge in [-0.1, -0.05) is 0 Å². The van der Waals surface area contributed by atoms with Crippen LogP contribution < -0.4 is 10.6 Å². The third-order valence-corrected chi connectivity index (χ3v) is 5.15. The molecule has 0 aromatic heterocycles. The van der Waals surface area contributed by atoms with E-state index in [2.05, 4.69) is 10.6 Å². The minimum Gasteiger partial charge on any atom is -0.393 e. The van der Waals surface area contributed by atoms with E-state index in [4.69, 9.17) is 0 Å². The Morgan fingerprint density at radius 2 is 1.88 bits per heavy atom.